The number of carbonyl (C=O) groups is 1. The molecule has 6 heteroatoms. The Labute approximate surface area is 154 Å². The normalized spacial score (nSPS) is 11.8. The molecule has 1 atom stereocenters. The first-order valence-electron chi connectivity index (χ1n) is 8.09. The summed E-state index contributed by atoms with van der Waals surface area (Å²) >= 11 is 1.60. The maximum atomic E-state index is 13.2. The van der Waals surface area contributed by atoms with Crippen LogP contribution in [0.25, 0.3) is 0 Å². The number of rotatable bonds is 7. The van der Waals surface area contributed by atoms with Crippen molar-refractivity contribution in [2.75, 3.05) is 6.54 Å². The molecule has 3 rings (SSSR count). The van der Waals surface area contributed by atoms with Crippen LogP contribution in [-0.4, -0.2) is 17.6 Å². The van der Waals surface area contributed by atoms with E-state index < -0.39 is 11.9 Å². The fourth-order valence-corrected chi connectivity index (χ4v) is 3.02. The standard InChI is InChI=1S/C20H18FNO3S/c21-16-6-1-4-14(10-16)19(23)12-22-20(24)15-5-2-7-17(11-15)25-13-18-8-3-9-26-18/h1-11,19,23H,12-13H2,(H,22,24). The molecule has 26 heavy (non-hydrogen) atoms. The number of benzene rings is 2. The van der Waals surface area contributed by atoms with Crippen molar-refractivity contribution in [1.29, 1.82) is 0 Å². The van der Waals surface area contributed by atoms with Gasteiger partial charge in [0.2, 0.25) is 0 Å². The zero-order valence-corrected chi connectivity index (χ0v) is 14.7. The van der Waals surface area contributed by atoms with Gasteiger partial charge in [-0.3, -0.25) is 4.79 Å². The summed E-state index contributed by atoms with van der Waals surface area (Å²) in [4.78, 5) is 13.4. The van der Waals surface area contributed by atoms with E-state index >= 15 is 0 Å². The van der Waals surface area contributed by atoms with Crippen molar-refractivity contribution < 1.29 is 19.0 Å². The lowest BCUT2D eigenvalue weighted by atomic mass is 10.1. The number of amides is 1. The molecule has 1 amide bonds. The minimum Gasteiger partial charge on any atom is -0.488 e. The van der Waals surface area contributed by atoms with Crippen molar-refractivity contribution in [1.82, 2.24) is 5.32 Å². The van der Waals surface area contributed by atoms with Crippen LogP contribution < -0.4 is 10.1 Å². The summed E-state index contributed by atoms with van der Waals surface area (Å²) < 4.78 is 18.9. The van der Waals surface area contributed by atoms with Crippen molar-refractivity contribution in [2.24, 2.45) is 0 Å². The van der Waals surface area contributed by atoms with Gasteiger partial charge in [-0.15, -0.1) is 11.3 Å². The van der Waals surface area contributed by atoms with Gasteiger partial charge in [0.1, 0.15) is 18.2 Å². The first kappa shape index (κ1) is 18.1. The monoisotopic (exact) mass is 371 g/mol. The number of hydrogen-bond acceptors (Lipinski definition) is 4. The first-order valence-corrected chi connectivity index (χ1v) is 8.97. The summed E-state index contributed by atoms with van der Waals surface area (Å²) in [5.74, 6) is -0.165. The van der Waals surface area contributed by atoms with Gasteiger partial charge >= 0.3 is 0 Å². The van der Waals surface area contributed by atoms with Gasteiger partial charge in [0.25, 0.3) is 5.91 Å². The van der Waals surface area contributed by atoms with Crippen LogP contribution in [0.1, 0.15) is 26.9 Å². The van der Waals surface area contributed by atoms with Crippen LogP contribution >= 0.6 is 11.3 Å². The molecule has 2 N–H and O–H groups in total. The van der Waals surface area contributed by atoms with E-state index in [4.69, 9.17) is 4.74 Å². The maximum absolute atomic E-state index is 13.2. The summed E-state index contributed by atoms with van der Waals surface area (Å²) in [6.45, 7) is 0.434. The summed E-state index contributed by atoms with van der Waals surface area (Å²) in [6.07, 6.45) is -0.979. The number of aliphatic hydroxyl groups excluding tert-OH is 1. The molecule has 134 valence electrons. The number of aliphatic hydroxyl groups is 1. The Morgan fingerprint density at radius 2 is 2.00 bits per heavy atom. The van der Waals surface area contributed by atoms with E-state index in [1.165, 1.54) is 18.2 Å². The molecule has 0 fully saturated rings. The highest BCUT2D eigenvalue weighted by Crippen LogP contribution is 2.18. The molecule has 0 aliphatic carbocycles. The fraction of sp³-hybridized carbons (Fsp3) is 0.150. The van der Waals surface area contributed by atoms with Crippen molar-refractivity contribution in [3.63, 3.8) is 0 Å². The molecule has 0 saturated carbocycles. The van der Waals surface area contributed by atoms with Crippen molar-refractivity contribution in [2.45, 2.75) is 12.7 Å². The SMILES string of the molecule is O=C(NCC(O)c1cccc(F)c1)c1cccc(OCc2cccs2)c1. The third-order valence-corrected chi connectivity index (χ3v) is 4.60. The lowest BCUT2D eigenvalue weighted by Crippen LogP contribution is -2.28. The highest BCUT2D eigenvalue weighted by Gasteiger charge is 2.12. The van der Waals surface area contributed by atoms with Gasteiger partial charge in [-0.2, -0.15) is 0 Å². The predicted octanol–water partition coefficient (Wildman–Crippen LogP) is 3.93. The number of halogens is 1. The van der Waals surface area contributed by atoms with Crippen LogP contribution in [0.15, 0.2) is 66.0 Å². The van der Waals surface area contributed by atoms with Crippen molar-refractivity contribution in [3.8, 4) is 5.75 Å². The Morgan fingerprint density at radius 1 is 1.15 bits per heavy atom. The maximum Gasteiger partial charge on any atom is 0.251 e. The van der Waals surface area contributed by atoms with E-state index in [1.807, 2.05) is 17.5 Å². The lowest BCUT2D eigenvalue weighted by Gasteiger charge is -2.13. The highest BCUT2D eigenvalue weighted by molar-refractivity contribution is 7.09. The molecule has 1 unspecified atom stereocenters. The third-order valence-electron chi connectivity index (χ3n) is 3.75. The summed E-state index contributed by atoms with van der Waals surface area (Å²) in [5.41, 5.74) is 0.846. The lowest BCUT2D eigenvalue weighted by molar-refractivity contribution is 0.0915. The van der Waals surface area contributed by atoms with E-state index in [0.29, 0.717) is 23.5 Å². The minimum absolute atomic E-state index is 0.0113. The number of nitrogens with one attached hydrogen (secondary N) is 1. The third kappa shape index (κ3) is 4.91. The number of carbonyl (C=O) groups excluding carboxylic acids is 1. The largest absolute Gasteiger partial charge is 0.488 e. The van der Waals surface area contributed by atoms with E-state index in [1.54, 1.807) is 41.7 Å². The Hall–Kier alpha value is -2.70. The summed E-state index contributed by atoms with van der Waals surface area (Å²) in [6, 6.07) is 16.5. The molecule has 0 aliphatic heterocycles. The van der Waals surface area contributed by atoms with Gasteiger partial charge in [-0.25, -0.2) is 4.39 Å². The van der Waals surface area contributed by atoms with E-state index in [9.17, 15) is 14.3 Å². The topological polar surface area (TPSA) is 58.6 Å². The number of thiophene rings is 1. The molecule has 3 aromatic rings. The first-order chi connectivity index (χ1) is 12.6. The highest BCUT2D eigenvalue weighted by atomic mass is 32.1. The predicted molar refractivity (Wildman–Crippen MR) is 98.8 cm³/mol. The molecule has 0 aliphatic rings. The van der Waals surface area contributed by atoms with Gasteiger partial charge < -0.3 is 15.2 Å². The van der Waals surface area contributed by atoms with Crippen LogP contribution in [-0.2, 0) is 6.61 Å². The summed E-state index contributed by atoms with van der Waals surface area (Å²) in [7, 11) is 0. The smallest absolute Gasteiger partial charge is 0.251 e. The molecule has 0 bridgehead atoms. The van der Waals surface area contributed by atoms with Gasteiger partial charge in [-0.1, -0.05) is 24.3 Å². The minimum atomic E-state index is -0.979. The Morgan fingerprint density at radius 3 is 2.77 bits per heavy atom. The van der Waals surface area contributed by atoms with Crippen molar-refractivity contribution >= 4 is 17.2 Å². The zero-order chi connectivity index (χ0) is 18.4. The second-order valence-corrected chi connectivity index (χ2v) is 6.71. The second-order valence-electron chi connectivity index (χ2n) is 5.68. The Kier molecular flexibility index (Phi) is 5.99. The van der Waals surface area contributed by atoms with Crippen molar-refractivity contribution in [3.05, 3.63) is 87.9 Å². The molecule has 4 nitrogen and oxygen atoms in total. The number of ether oxygens (including phenoxy) is 1. The molecule has 0 spiro atoms. The molecular weight excluding hydrogens is 353 g/mol. The molecular formula is C20H18FNO3S. The molecule has 2 aromatic carbocycles. The van der Waals surface area contributed by atoms with Crippen LogP contribution in [0.4, 0.5) is 4.39 Å². The van der Waals surface area contributed by atoms with Crippen LogP contribution in [0.3, 0.4) is 0 Å². The molecule has 0 radical (unpaired) electrons. The average molecular weight is 371 g/mol. The molecule has 1 aromatic heterocycles. The van der Waals surface area contributed by atoms with Crippen LogP contribution in [0, 0.1) is 5.82 Å². The van der Waals surface area contributed by atoms with Gasteiger partial charge in [0.15, 0.2) is 0 Å². The quantitative estimate of drug-likeness (QED) is 0.662. The van der Waals surface area contributed by atoms with Gasteiger partial charge in [-0.05, 0) is 47.3 Å². The summed E-state index contributed by atoms with van der Waals surface area (Å²) in [5, 5.41) is 14.7. The number of hydrogen-bond donors (Lipinski definition) is 2. The Bertz CT molecular complexity index is 867. The van der Waals surface area contributed by atoms with Crippen LogP contribution in [0.2, 0.25) is 0 Å². The van der Waals surface area contributed by atoms with E-state index in [-0.39, 0.29) is 12.5 Å². The van der Waals surface area contributed by atoms with Gasteiger partial charge in [0.05, 0.1) is 6.10 Å². The molecule has 0 saturated heterocycles. The fourth-order valence-electron chi connectivity index (χ4n) is 2.40. The van der Waals surface area contributed by atoms with Gasteiger partial charge in [0, 0.05) is 17.0 Å². The van der Waals surface area contributed by atoms with E-state index in [2.05, 4.69) is 5.32 Å². The Balaban J connectivity index is 1.56. The average Bonchev–Trinajstić information content (AvgIpc) is 3.18. The second kappa shape index (κ2) is 8.60. The molecule has 1 heterocycles. The van der Waals surface area contributed by atoms with E-state index in [0.717, 1.165) is 4.88 Å². The zero-order valence-electron chi connectivity index (χ0n) is 13.9. The van der Waals surface area contributed by atoms with Crippen LogP contribution in [0.5, 0.6) is 5.75 Å².